The molecule has 3 aliphatic heterocycles. The van der Waals surface area contributed by atoms with Crippen LogP contribution in [0.1, 0.15) is 135 Å². The third-order valence-electron chi connectivity index (χ3n) is 13.7. The summed E-state index contributed by atoms with van der Waals surface area (Å²) < 4.78 is 106. The van der Waals surface area contributed by atoms with E-state index in [0.717, 1.165) is 87.0 Å². The van der Waals surface area contributed by atoms with Gasteiger partial charge in [-0.2, -0.15) is 34.4 Å². The second-order valence-corrected chi connectivity index (χ2v) is 23.7. The minimum Gasteiger partial charge on any atom is -0.481 e. The lowest BCUT2D eigenvalue weighted by atomic mass is 9.74. The fraction of sp³-hybridized carbons (Fsp3) is 0.560. The largest absolute Gasteiger partial charge is 0.481 e. The predicted molar refractivity (Wildman–Crippen MR) is 267 cm³/mol. The smallest absolute Gasteiger partial charge is 0.303 e. The van der Waals surface area contributed by atoms with E-state index in [-0.39, 0.29) is 41.0 Å². The van der Waals surface area contributed by atoms with Gasteiger partial charge >= 0.3 is 5.97 Å². The Morgan fingerprint density at radius 3 is 2.12 bits per heavy atom. The number of rotatable bonds is 12. The normalized spacial score (nSPS) is 23.1. The Hall–Kier alpha value is -4.37. The zero-order valence-electron chi connectivity index (χ0n) is 40.2. The van der Waals surface area contributed by atoms with E-state index >= 15 is 0 Å². The van der Waals surface area contributed by atoms with Gasteiger partial charge in [0.2, 0.25) is 17.3 Å². The van der Waals surface area contributed by atoms with Gasteiger partial charge < -0.3 is 15.7 Å². The Labute approximate surface area is 409 Å². The first-order valence-electron chi connectivity index (χ1n) is 24.2. The molecule has 3 heterocycles. The summed E-state index contributed by atoms with van der Waals surface area (Å²) in [7, 11) is -13.2. The van der Waals surface area contributed by atoms with Crippen LogP contribution in [0.4, 0.5) is 11.4 Å². The Morgan fingerprint density at radius 2 is 1.42 bits per heavy atom. The number of amides is 1. The molecule has 380 valence electrons. The molecule has 1 amide bonds. The number of hydrogen-bond acceptors (Lipinski definition) is 9. The summed E-state index contributed by atoms with van der Waals surface area (Å²) in [6.45, 7) is 8.89. The van der Waals surface area contributed by atoms with Gasteiger partial charge in [-0.1, -0.05) is 62.5 Å². The molecule has 0 saturated carbocycles. The molecule has 69 heavy (non-hydrogen) atoms. The number of aliphatic carboxylic acids is 1. The van der Waals surface area contributed by atoms with Crippen LogP contribution < -0.4 is 10.6 Å². The highest BCUT2D eigenvalue weighted by Crippen LogP contribution is 2.46. The van der Waals surface area contributed by atoms with Crippen molar-refractivity contribution in [1.82, 2.24) is 10.6 Å². The van der Waals surface area contributed by atoms with Crippen molar-refractivity contribution >= 4 is 65.0 Å². The summed E-state index contributed by atoms with van der Waals surface area (Å²) in [4.78, 5) is 23.7. The summed E-state index contributed by atoms with van der Waals surface area (Å²) in [6, 6.07) is 9.13. The minimum atomic E-state index is -4.54. The molecule has 6 N–H and O–H groups in total. The molecule has 0 radical (unpaired) electrons. The second-order valence-electron chi connectivity index (χ2n) is 19.3. The Balaban J connectivity index is 1.45. The first kappa shape index (κ1) is 55.6. The molecule has 16 nitrogen and oxygen atoms in total. The lowest BCUT2D eigenvalue weighted by Gasteiger charge is -2.24. The van der Waals surface area contributed by atoms with Gasteiger partial charge in [0.15, 0.2) is 11.4 Å². The van der Waals surface area contributed by atoms with Crippen LogP contribution in [0.15, 0.2) is 82.6 Å². The van der Waals surface area contributed by atoms with Crippen LogP contribution in [0.25, 0.3) is 0 Å². The number of carboxylic acids is 1. The van der Waals surface area contributed by atoms with Gasteiger partial charge in [0.25, 0.3) is 30.4 Å². The average molecular weight is 1020 g/mol. The van der Waals surface area contributed by atoms with E-state index < -0.39 is 52.9 Å². The highest BCUT2D eigenvalue weighted by atomic mass is 32.2. The van der Waals surface area contributed by atoms with Gasteiger partial charge in [0, 0.05) is 68.0 Å². The van der Waals surface area contributed by atoms with Gasteiger partial charge in [0.05, 0.1) is 26.4 Å². The Morgan fingerprint density at radius 1 is 0.754 bits per heavy atom. The molecule has 0 saturated heterocycles. The van der Waals surface area contributed by atoms with Crippen LogP contribution >= 0.6 is 0 Å². The van der Waals surface area contributed by atoms with E-state index in [9.17, 15) is 48.5 Å². The monoisotopic (exact) mass is 1020 g/mol. The molecule has 0 bridgehead atoms. The summed E-state index contributed by atoms with van der Waals surface area (Å²) in [5.74, 6) is -1.11. The van der Waals surface area contributed by atoms with E-state index in [0.29, 0.717) is 63.0 Å². The number of fused-ring (bicyclic) bond motifs is 5. The third kappa shape index (κ3) is 15.8. The van der Waals surface area contributed by atoms with Crippen LogP contribution in [-0.4, -0.2) is 115 Å². The van der Waals surface area contributed by atoms with Gasteiger partial charge in [-0.05, 0) is 103 Å². The number of nitrogens with zero attached hydrogens (tertiary/aromatic N) is 2. The number of allylic oxidation sites excluding steroid dienone is 6. The summed E-state index contributed by atoms with van der Waals surface area (Å²) in [5, 5.41) is 15.8. The number of unbranched alkanes of at least 4 members (excludes halogenated alkanes) is 2. The van der Waals surface area contributed by atoms with Gasteiger partial charge in [-0.15, -0.1) is 0 Å². The molecule has 0 aromatic heterocycles. The van der Waals surface area contributed by atoms with E-state index in [1.807, 2.05) is 54.9 Å². The van der Waals surface area contributed by atoms with Gasteiger partial charge in [0.1, 0.15) is 13.1 Å². The zero-order valence-corrected chi connectivity index (χ0v) is 42.7. The molecule has 19 heteroatoms. The van der Waals surface area contributed by atoms with Crippen molar-refractivity contribution in [3.63, 3.8) is 0 Å². The van der Waals surface area contributed by atoms with Crippen LogP contribution in [0.5, 0.6) is 0 Å². The molecule has 2 aromatic rings. The third-order valence-corrected chi connectivity index (χ3v) is 16.2. The zero-order chi connectivity index (χ0) is 50.5. The van der Waals surface area contributed by atoms with Crippen molar-refractivity contribution in [3.05, 3.63) is 84.0 Å². The maximum absolute atomic E-state index is 13.1. The van der Waals surface area contributed by atoms with Crippen LogP contribution in [0, 0.1) is 5.92 Å². The quantitative estimate of drug-likeness (QED) is 0.0675. The van der Waals surface area contributed by atoms with Crippen molar-refractivity contribution in [1.29, 1.82) is 0 Å². The van der Waals surface area contributed by atoms with E-state index in [1.54, 1.807) is 12.1 Å². The molecule has 2 atom stereocenters. The molecule has 5 rings (SSSR count). The molecule has 2 unspecified atom stereocenters. The van der Waals surface area contributed by atoms with Crippen molar-refractivity contribution in [2.45, 2.75) is 144 Å². The molecule has 0 fully saturated rings. The SMILES string of the molecule is CC1(C)C2=[N+](CCCCCC(=O)NCC(CCCCCC(=O)O)CNCCCCCCC3(C)C(=[N+](CCCS(=O)(=O)O)c4ccc(S(=O)(=O)O)cc43)C/C=C/C=C/C=C/2)c2ccc(S(=O)(=O)O)cc21. The standard InChI is InChI=1S/C50H70N4O12S3/c1-49(2)41-34-39(68(61,62)63)25-27-43(41)53-31-18-10-14-23-47(55)52-37-38(20-11-9-15-24-48(56)57)36-51-30-17-8-7-16-29-50(3)42-35-40(69(64,65)66)26-28-44(42)54(32-19-33-67(58,59)60)46(50)22-13-6-4-5-12-21-45(49)53/h4-6,12-13,21,25-28,34-35,38,51H,7-11,14-20,22-24,29-33,36-37H2,1-3H3,(H3-2,52,55,56,57,58,59,60,61,62,63,64,65,66)/p+2/b5-4+,13-6+,21-12+. The molecule has 0 spiro atoms. The molecular weight excluding hydrogens is 945 g/mol. The van der Waals surface area contributed by atoms with E-state index in [1.165, 1.54) is 24.3 Å². The first-order valence-corrected chi connectivity index (χ1v) is 28.7. The van der Waals surface area contributed by atoms with Crippen LogP contribution in [-0.2, 0) is 50.8 Å². The number of nitrogens with one attached hydrogen (secondary N) is 2. The molecule has 0 aliphatic carbocycles. The molecular formula is C50H72N4O12S3+2. The highest BCUT2D eigenvalue weighted by molar-refractivity contribution is 7.86. The van der Waals surface area contributed by atoms with Crippen LogP contribution in [0.2, 0.25) is 0 Å². The Kier molecular flexibility index (Phi) is 19.8. The van der Waals surface area contributed by atoms with E-state index in [2.05, 4.69) is 22.1 Å². The second kappa shape index (κ2) is 24.6. The number of carboxylic acid groups (broad SMARTS) is 1. The first-order chi connectivity index (χ1) is 32.5. The average Bonchev–Trinajstić information content (AvgIpc) is 3.62. The molecule has 2 aromatic carbocycles. The summed E-state index contributed by atoms with van der Waals surface area (Å²) >= 11 is 0. The van der Waals surface area contributed by atoms with Crippen LogP contribution in [0.3, 0.4) is 0 Å². The number of benzene rings is 2. The fourth-order valence-electron chi connectivity index (χ4n) is 9.95. The lowest BCUT2D eigenvalue weighted by molar-refractivity contribution is -0.439. The number of hydrogen-bond donors (Lipinski definition) is 6. The number of carbonyl (C=O) groups is 2. The number of carbonyl (C=O) groups excluding carboxylic acids is 1. The fourth-order valence-corrected chi connectivity index (χ4v) is 11.5. The van der Waals surface area contributed by atoms with Crippen molar-refractivity contribution < 1.29 is 62.8 Å². The van der Waals surface area contributed by atoms with Gasteiger partial charge in [-0.25, -0.2) is 0 Å². The minimum absolute atomic E-state index is 0.0186. The summed E-state index contributed by atoms with van der Waals surface area (Å²) in [5.41, 5.74) is 3.53. The maximum atomic E-state index is 13.1. The van der Waals surface area contributed by atoms with Crippen molar-refractivity contribution in [2.24, 2.45) is 5.92 Å². The van der Waals surface area contributed by atoms with Crippen molar-refractivity contribution in [3.8, 4) is 0 Å². The van der Waals surface area contributed by atoms with Crippen molar-refractivity contribution in [2.75, 3.05) is 38.5 Å². The maximum Gasteiger partial charge on any atom is 0.303 e. The highest BCUT2D eigenvalue weighted by Gasteiger charge is 2.48. The molecule has 3 aliphatic rings. The predicted octanol–water partition coefficient (Wildman–Crippen LogP) is 7.83. The van der Waals surface area contributed by atoms with E-state index in [4.69, 9.17) is 5.11 Å². The summed E-state index contributed by atoms with van der Waals surface area (Å²) in [6.07, 6.45) is 22.1. The topological polar surface area (TPSA) is 248 Å². The Bertz CT molecular complexity index is 2670. The van der Waals surface area contributed by atoms with Gasteiger partial charge in [-0.3, -0.25) is 23.2 Å². The lowest BCUT2D eigenvalue weighted by Crippen LogP contribution is -2.35.